The van der Waals surface area contributed by atoms with Crippen LogP contribution in [0.1, 0.15) is 50.5 Å². The largest absolute Gasteiger partial charge is 0.489 e. The number of ether oxygens (including phenoxy) is 1. The van der Waals surface area contributed by atoms with E-state index in [1.54, 1.807) is 32.2 Å². The van der Waals surface area contributed by atoms with Crippen LogP contribution in [0.25, 0.3) is 10.9 Å². The fourth-order valence-electron chi connectivity index (χ4n) is 4.78. The normalized spacial score (nSPS) is 16.9. The molecule has 0 radical (unpaired) electrons. The molecule has 0 spiro atoms. The highest BCUT2D eigenvalue weighted by Crippen LogP contribution is 2.49. The van der Waals surface area contributed by atoms with E-state index in [0.717, 1.165) is 22.5 Å². The summed E-state index contributed by atoms with van der Waals surface area (Å²) in [5, 5.41) is 19.4. The molecule has 0 aliphatic heterocycles. The second-order valence-electron chi connectivity index (χ2n) is 9.56. The number of hydrogen-bond donors (Lipinski definition) is 3. The highest BCUT2D eigenvalue weighted by atomic mass is 19.4. The zero-order valence-electron chi connectivity index (χ0n) is 20.5. The van der Waals surface area contributed by atoms with Crippen LogP contribution in [0.2, 0.25) is 0 Å². The molecule has 1 fully saturated rings. The van der Waals surface area contributed by atoms with Crippen molar-refractivity contribution in [2.45, 2.75) is 39.0 Å². The Bertz CT molecular complexity index is 1540. The van der Waals surface area contributed by atoms with E-state index in [1.165, 1.54) is 12.1 Å². The number of carbonyl (C=O) groups excluding carboxylic acids is 1. The first-order chi connectivity index (χ1) is 18.0. The van der Waals surface area contributed by atoms with E-state index in [0.29, 0.717) is 28.9 Å². The van der Waals surface area contributed by atoms with Crippen LogP contribution < -0.4 is 10.1 Å². The van der Waals surface area contributed by atoms with E-state index in [2.05, 4.69) is 15.5 Å². The lowest BCUT2D eigenvalue weighted by Gasteiger charge is -2.17. The van der Waals surface area contributed by atoms with Crippen molar-refractivity contribution < 1.29 is 32.6 Å². The van der Waals surface area contributed by atoms with Crippen molar-refractivity contribution in [2.24, 2.45) is 5.92 Å². The van der Waals surface area contributed by atoms with Gasteiger partial charge in [-0.1, -0.05) is 12.1 Å². The summed E-state index contributed by atoms with van der Waals surface area (Å²) in [5.74, 6) is -2.16. The monoisotopic (exact) mass is 523 g/mol. The fraction of sp³-hybridized carbons (Fsp3) is 0.250. The number of carbonyl (C=O) groups is 2. The van der Waals surface area contributed by atoms with Gasteiger partial charge in [-0.2, -0.15) is 18.3 Å². The van der Waals surface area contributed by atoms with Crippen LogP contribution in [0.5, 0.6) is 5.75 Å². The van der Waals surface area contributed by atoms with Gasteiger partial charge in [0.1, 0.15) is 12.4 Å². The Morgan fingerprint density at radius 1 is 1.11 bits per heavy atom. The molecule has 1 aliphatic carbocycles. The van der Waals surface area contributed by atoms with Crippen LogP contribution in [0, 0.1) is 19.8 Å². The molecular weight excluding hydrogens is 499 g/mol. The SMILES string of the molecule is Cc1cc(OCc2ccc3[nH]ncc3c2)cc(C)c1C(=O)Nc1cc([C@H]2C[C@H]2C(=O)O)ccc1C(F)(F)F. The average molecular weight is 524 g/mol. The van der Waals surface area contributed by atoms with Gasteiger partial charge < -0.3 is 15.2 Å². The predicted molar refractivity (Wildman–Crippen MR) is 134 cm³/mol. The second-order valence-corrected chi connectivity index (χ2v) is 9.56. The standard InChI is InChI=1S/C28H24F3N3O4/c1-14-7-19(38-13-16-3-6-23-18(9-16)12-32-34-23)8-15(2)25(14)26(35)33-24-10-17(20-11-21(20)27(36)37)4-5-22(24)28(29,30)31/h3-10,12,20-21H,11,13H2,1-2H3,(H,32,34)(H,33,35)(H,36,37)/t20-,21-/m1/s1. The van der Waals surface area contributed by atoms with Crippen molar-refractivity contribution in [2.75, 3.05) is 5.32 Å². The summed E-state index contributed by atoms with van der Waals surface area (Å²) in [7, 11) is 0. The van der Waals surface area contributed by atoms with Gasteiger partial charge in [0.2, 0.25) is 0 Å². The maximum atomic E-state index is 13.7. The summed E-state index contributed by atoms with van der Waals surface area (Å²) in [4.78, 5) is 24.4. The van der Waals surface area contributed by atoms with E-state index in [4.69, 9.17) is 4.74 Å². The molecule has 7 nitrogen and oxygen atoms in total. The lowest BCUT2D eigenvalue weighted by atomic mass is 10.00. The third kappa shape index (κ3) is 5.06. The number of aliphatic carboxylic acids is 1. The third-order valence-electron chi connectivity index (χ3n) is 6.78. The number of benzene rings is 3. The van der Waals surface area contributed by atoms with E-state index >= 15 is 0 Å². The summed E-state index contributed by atoms with van der Waals surface area (Å²) >= 11 is 0. The number of aryl methyl sites for hydroxylation is 2. The highest BCUT2D eigenvalue weighted by Gasteiger charge is 2.45. The molecule has 4 aromatic rings. The Morgan fingerprint density at radius 3 is 2.50 bits per heavy atom. The van der Waals surface area contributed by atoms with Gasteiger partial charge in [0.25, 0.3) is 5.91 Å². The van der Waals surface area contributed by atoms with Gasteiger partial charge in [0.05, 0.1) is 28.9 Å². The van der Waals surface area contributed by atoms with Crippen LogP contribution in [0.15, 0.2) is 54.7 Å². The number of alkyl halides is 3. The number of amides is 1. The molecular formula is C28H24F3N3O4. The van der Waals surface area contributed by atoms with Crippen LogP contribution >= 0.6 is 0 Å². The third-order valence-corrected chi connectivity index (χ3v) is 6.78. The highest BCUT2D eigenvalue weighted by molar-refractivity contribution is 6.07. The Hall–Kier alpha value is -4.34. The predicted octanol–water partition coefficient (Wildman–Crippen LogP) is 6.22. The molecule has 1 amide bonds. The maximum absolute atomic E-state index is 13.7. The Morgan fingerprint density at radius 2 is 1.84 bits per heavy atom. The van der Waals surface area contributed by atoms with Gasteiger partial charge in [-0.15, -0.1) is 0 Å². The summed E-state index contributed by atoms with van der Waals surface area (Å²) in [5.41, 5.74) is 2.22. The number of nitrogens with one attached hydrogen (secondary N) is 2. The number of H-pyrrole nitrogens is 1. The fourth-order valence-corrected chi connectivity index (χ4v) is 4.78. The van der Waals surface area contributed by atoms with E-state index in [1.807, 2.05) is 18.2 Å². The second kappa shape index (κ2) is 9.51. The number of halogens is 3. The molecule has 1 aliphatic rings. The number of aromatic amines is 1. The molecule has 0 saturated heterocycles. The van der Waals surface area contributed by atoms with E-state index < -0.39 is 35.2 Å². The molecule has 0 unspecified atom stereocenters. The van der Waals surface area contributed by atoms with Gasteiger partial charge in [-0.05, 0) is 84.8 Å². The van der Waals surface area contributed by atoms with Gasteiger partial charge in [-0.3, -0.25) is 14.7 Å². The number of anilines is 1. The molecule has 1 heterocycles. The number of carboxylic acids is 1. The Kier molecular flexibility index (Phi) is 6.34. The lowest BCUT2D eigenvalue weighted by Crippen LogP contribution is -2.19. The Labute approximate surface area is 215 Å². The number of fused-ring (bicyclic) bond motifs is 1. The molecule has 3 aromatic carbocycles. The molecule has 2 atom stereocenters. The van der Waals surface area contributed by atoms with E-state index in [-0.39, 0.29) is 18.1 Å². The Balaban J connectivity index is 1.36. The molecule has 196 valence electrons. The maximum Gasteiger partial charge on any atom is 0.418 e. The van der Waals surface area contributed by atoms with Crippen LogP contribution in [0.3, 0.4) is 0 Å². The number of aromatic nitrogens is 2. The van der Waals surface area contributed by atoms with Crippen molar-refractivity contribution in [3.05, 3.63) is 88.1 Å². The van der Waals surface area contributed by atoms with Crippen molar-refractivity contribution in [3.8, 4) is 5.75 Å². The number of hydrogen-bond acceptors (Lipinski definition) is 4. The quantitative estimate of drug-likeness (QED) is 0.267. The summed E-state index contributed by atoms with van der Waals surface area (Å²) in [6, 6.07) is 12.5. The van der Waals surface area contributed by atoms with Gasteiger partial charge in [0.15, 0.2) is 0 Å². The number of nitrogens with zero attached hydrogens (tertiary/aromatic N) is 1. The minimum atomic E-state index is -4.70. The number of rotatable bonds is 7. The zero-order valence-corrected chi connectivity index (χ0v) is 20.5. The average Bonchev–Trinajstić information content (AvgIpc) is 3.52. The van der Waals surface area contributed by atoms with Crippen LogP contribution in [-0.2, 0) is 17.6 Å². The molecule has 0 bridgehead atoms. The van der Waals surface area contributed by atoms with Gasteiger partial charge >= 0.3 is 12.1 Å². The molecule has 1 aromatic heterocycles. The molecule has 5 rings (SSSR count). The minimum Gasteiger partial charge on any atom is -0.489 e. The first-order valence-corrected chi connectivity index (χ1v) is 11.9. The molecule has 10 heteroatoms. The van der Waals surface area contributed by atoms with Gasteiger partial charge in [0, 0.05) is 10.9 Å². The summed E-state index contributed by atoms with van der Waals surface area (Å²) in [6.45, 7) is 3.66. The molecule has 38 heavy (non-hydrogen) atoms. The van der Waals surface area contributed by atoms with Crippen molar-refractivity contribution in [1.29, 1.82) is 0 Å². The first kappa shape index (κ1) is 25.3. The number of carboxylic acid groups (broad SMARTS) is 1. The first-order valence-electron chi connectivity index (χ1n) is 11.9. The van der Waals surface area contributed by atoms with Crippen molar-refractivity contribution in [3.63, 3.8) is 0 Å². The summed E-state index contributed by atoms with van der Waals surface area (Å²) in [6.07, 6.45) is -2.63. The zero-order chi connectivity index (χ0) is 27.2. The summed E-state index contributed by atoms with van der Waals surface area (Å²) < 4.78 is 47.0. The van der Waals surface area contributed by atoms with Gasteiger partial charge in [-0.25, -0.2) is 0 Å². The van der Waals surface area contributed by atoms with Crippen molar-refractivity contribution >= 4 is 28.5 Å². The van der Waals surface area contributed by atoms with Crippen molar-refractivity contribution in [1.82, 2.24) is 10.2 Å². The molecule has 1 saturated carbocycles. The van der Waals surface area contributed by atoms with Crippen LogP contribution in [-0.4, -0.2) is 27.2 Å². The minimum absolute atomic E-state index is 0.241. The molecule has 3 N–H and O–H groups in total. The smallest absolute Gasteiger partial charge is 0.418 e. The lowest BCUT2D eigenvalue weighted by molar-refractivity contribution is -0.139. The topological polar surface area (TPSA) is 104 Å². The van der Waals surface area contributed by atoms with E-state index in [9.17, 15) is 27.9 Å². The van der Waals surface area contributed by atoms with Crippen LogP contribution in [0.4, 0.5) is 18.9 Å².